The normalized spacial score (nSPS) is 22.0. The van der Waals surface area contributed by atoms with Crippen LogP contribution in [0.15, 0.2) is 11.6 Å². The third-order valence-corrected chi connectivity index (χ3v) is 23.9. The van der Waals surface area contributed by atoms with Crippen molar-refractivity contribution < 1.29 is 4.79 Å². The Morgan fingerprint density at radius 1 is 1.04 bits per heavy atom. The van der Waals surface area contributed by atoms with E-state index in [9.17, 15) is 4.79 Å². The summed E-state index contributed by atoms with van der Waals surface area (Å²) in [5.41, 5.74) is 1.57. The molecule has 0 spiro atoms. The van der Waals surface area contributed by atoms with E-state index >= 15 is 0 Å². The average Bonchev–Trinajstić information content (AvgIpc) is 2.54. The molecule has 1 aliphatic rings. The summed E-state index contributed by atoms with van der Waals surface area (Å²) in [5, 5.41) is 0. The summed E-state index contributed by atoms with van der Waals surface area (Å²) in [6.45, 7) is 11.2. The van der Waals surface area contributed by atoms with Crippen molar-refractivity contribution in [2.24, 2.45) is 5.92 Å². The van der Waals surface area contributed by atoms with Crippen molar-refractivity contribution in [3.05, 3.63) is 11.6 Å². The molecule has 1 nitrogen and oxygen atoms in total. The van der Waals surface area contributed by atoms with Crippen LogP contribution in [-0.2, 0) is 4.79 Å². The molecule has 0 radical (unpaired) electrons. The molecule has 0 aromatic heterocycles. The Labute approximate surface area is 149 Å². The van der Waals surface area contributed by atoms with Crippen LogP contribution in [0, 0.1) is 5.92 Å². The number of carbonyl (C=O) groups excluding carboxylic acids is 1. The fourth-order valence-corrected chi connectivity index (χ4v) is 24.7. The summed E-state index contributed by atoms with van der Waals surface area (Å²) in [6, 6.07) is 0. The Balaban J connectivity index is 3.13. The Morgan fingerprint density at radius 3 is 1.91 bits per heavy atom. The average molecular weight is 427 g/mol. The van der Waals surface area contributed by atoms with Crippen LogP contribution >= 0.6 is 0 Å². The van der Waals surface area contributed by atoms with Gasteiger partial charge in [0.05, 0.1) is 0 Å². The fraction of sp³-hybridized carbons (Fsp3) is 0.857. The molecule has 23 heavy (non-hydrogen) atoms. The molecule has 0 N–H and O–H groups in total. The molecule has 134 valence electrons. The Morgan fingerprint density at radius 2 is 1.52 bits per heavy atom. The van der Waals surface area contributed by atoms with Gasteiger partial charge < -0.3 is 0 Å². The van der Waals surface area contributed by atoms with Gasteiger partial charge in [0.2, 0.25) is 0 Å². The minimum absolute atomic E-state index is 0.361. The van der Waals surface area contributed by atoms with Gasteiger partial charge in [-0.05, 0) is 0 Å². The molecule has 0 saturated heterocycles. The molecule has 0 aromatic rings. The van der Waals surface area contributed by atoms with E-state index < -0.39 is 18.4 Å². The maximum absolute atomic E-state index is 12.4. The van der Waals surface area contributed by atoms with Crippen LogP contribution in [0.3, 0.4) is 0 Å². The van der Waals surface area contributed by atoms with E-state index in [1.807, 2.05) is 6.92 Å². The molecular formula is C21H40OSn. The molecule has 0 heterocycles. The predicted molar refractivity (Wildman–Crippen MR) is 106 cm³/mol. The van der Waals surface area contributed by atoms with Crippen LogP contribution in [0.25, 0.3) is 0 Å². The first kappa shape index (κ1) is 21.3. The van der Waals surface area contributed by atoms with Gasteiger partial charge in [-0.3, -0.25) is 0 Å². The van der Waals surface area contributed by atoms with Crippen molar-refractivity contribution in [2.45, 2.75) is 103 Å². The second-order valence-electron chi connectivity index (χ2n) is 7.99. The zero-order chi connectivity index (χ0) is 17.3. The summed E-state index contributed by atoms with van der Waals surface area (Å²) in [7, 11) is 0. The van der Waals surface area contributed by atoms with E-state index in [1.54, 1.807) is 5.57 Å². The van der Waals surface area contributed by atoms with Gasteiger partial charge in [-0.2, -0.15) is 0 Å². The number of rotatable bonds is 11. The number of allylic oxidation sites excluding steroid dienone is 2. The quantitative estimate of drug-likeness (QED) is 0.253. The minimum atomic E-state index is -2.30. The van der Waals surface area contributed by atoms with Gasteiger partial charge in [-0.15, -0.1) is 0 Å². The van der Waals surface area contributed by atoms with Gasteiger partial charge >= 0.3 is 150 Å². The third kappa shape index (κ3) is 6.21. The number of carbonyl (C=O) groups is 1. The second-order valence-corrected chi connectivity index (χ2v) is 22.2. The SMILES string of the molecule is CCC[CH2][Sn]([CH2]CCC)([CH2]CCC)[C@H]1CC(C)=CC[C@@H]1C(C)=O. The van der Waals surface area contributed by atoms with E-state index in [-0.39, 0.29) is 0 Å². The number of hydrogen-bond acceptors (Lipinski definition) is 1. The van der Waals surface area contributed by atoms with Gasteiger partial charge in [0.1, 0.15) is 0 Å². The predicted octanol–water partition coefficient (Wildman–Crippen LogP) is 7.15. The summed E-state index contributed by atoms with van der Waals surface area (Å²) in [6.07, 6.45) is 12.8. The molecule has 0 saturated carbocycles. The van der Waals surface area contributed by atoms with E-state index in [2.05, 4.69) is 33.8 Å². The van der Waals surface area contributed by atoms with E-state index in [0.717, 1.165) is 10.4 Å². The van der Waals surface area contributed by atoms with Gasteiger partial charge in [0.15, 0.2) is 0 Å². The Bertz CT molecular complexity index is 364. The first-order chi connectivity index (χ1) is 11.0. The number of unbranched alkanes of at least 4 members (excludes halogenated alkanes) is 3. The van der Waals surface area contributed by atoms with Crippen molar-refractivity contribution in [1.82, 2.24) is 0 Å². The van der Waals surface area contributed by atoms with Gasteiger partial charge in [0, 0.05) is 0 Å². The molecule has 0 amide bonds. The molecule has 0 fully saturated rings. The zero-order valence-corrected chi connectivity index (χ0v) is 19.3. The standard InChI is InChI=1S/C9H13O.3C4H9.Sn/c1-7-3-5-9(6-4-7)8(2)10;3*1-3-4-2;/h3,6,9H,4-5H2,1-2H3;3*1,3-4H2,2H3;/t9-;;;;/m0..../s1. The molecule has 1 aliphatic carbocycles. The topological polar surface area (TPSA) is 17.1 Å². The molecule has 1 rings (SSSR count). The second kappa shape index (κ2) is 10.9. The fourth-order valence-electron chi connectivity index (χ4n) is 4.68. The van der Waals surface area contributed by atoms with E-state index in [1.165, 1.54) is 58.3 Å². The molecule has 2 atom stereocenters. The van der Waals surface area contributed by atoms with Crippen molar-refractivity contribution in [3.63, 3.8) is 0 Å². The number of ketones is 1. The molecule has 0 aliphatic heterocycles. The van der Waals surface area contributed by atoms with E-state index in [4.69, 9.17) is 0 Å². The third-order valence-electron chi connectivity index (χ3n) is 6.14. The number of Topliss-reactive ketones (excluding diaryl/α,β-unsaturated/α-hetero) is 1. The van der Waals surface area contributed by atoms with Crippen molar-refractivity contribution >= 4 is 24.2 Å². The maximum atomic E-state index is 12.4. The molecule has 2 heteroatoms. The van der Waals surface area contributed by atoms with Crippen LogP contribution in [0.4, 0.5) is 0 Å². The monoisotopic (exact) mass is 428 g/mol. The van der Waals surface area contributed by atoms with Crippen LogP contribution in [0.2, 0.25) is 17.2 Å². The Kier molecular flexibility index (Phi) is 10.1. The van der Waals surface area contributed by atoms with Gasteiger partial charge in [0.25, 0.3) is 0 Å². The molecule has 0 unspecified atom stereocenters. The zero-order valence-electron chi connectivity index (χ0n) is 16.4. The Hall–Kier alpha value is 0.209. The first-order valence-corrected chi connectivity index (χ1v) is 17.9. The van der Waals surface area contributed by atoms with Crippen molar-refractivity contribution in [1.29, 1.82) is 0 Å². The van der Waals surface area contributed by atoms with Crippen LogP contribution in [0.1, 0.15) is 86.0 Å². The van der Waals surface area contributed by atoms with Crippen LogP contribution in [0.5, 0.6) is 0 Å². The van der Waals surface area contributed by atoms with E-state index in [0.29, 0.717) is 11.7 Å². The van der Waals surface area contributed by atoms with Crippen molar-refractivity contribution in [3.8, 4) is 0 Å². The van der Waals surface area contributed by atoms with Gasteiger partial charge in [-0.1, -0.05) is 0 Å². The number of hydrogen-bond donors (Lipinski definition) is 0. The summed E-state index contributed by atoms with van der Waals surface area (Å²) < 4.78 is 5.39. The molecule has 0 aromatic carbocycles. The summed E-state index contributed by atoms with van der Waals surface area (Å²) >= 11 is -2.30. The summed E-state index contributed by atoms with van der Waals surface area (Å²) in [5.74, 6) is 0.837. The first-order valence-electron chi connectivity index (χ1n) is 10.2. The van der Waals surface area contributed by atoms with Crippen LogP contribution < -0.4 is 0 Å². The van der Waals surface area contributed by atoms with Crippen molar-refractivity contribution in [2.75, 3.05) is 0 Å². The summed E-state index contributed by atoms with van der Waals surface area (Å²) in [4.78, 5) is 12.4. The van der Waals surface area contributed by atoms with Gasteiger partial charge in [-0.25, -0.2) is 0 Å². The molecule has 0 bridgehead atoms. The molecular weight excluding hydrogens is 387 g/mol. The van der Waals surface area contributed by atoms with Crippen LogP contribution in [-0.4, -0.2) is 24.2 Å².